The molecule has 2 unspecified atom stereocenters. The van der Waals surface area contributed by atoms with Gasteiger partial charge in [-0.25, -0.2) is 0 Å². The van der Waals surface area contributed by atoms with Crippen molar-refractivity contribution in [1.29, 1.82) is 0 Å². The number of hydrogen-bond acceptors (Lipinski definition) is 6. The molecule has 1 amide bonds. The predicted octanol–water partition coefficient (Wildman–Crippen LogP) is 5.15. The summed E-state index contributed by atoms with van der Waals surface area (Å²) in [5.74, 6) is 1.90. The van der Waals surface area contributed by atoms with Crippen LogP contribution in [0.15, 0.2) is 53.1 Å². The Morgan fingerprint density at radius 3 is 2.75 bits per heavy atom. The molecule has 3 aromatic rings. The molecule has 36 heavy (non-hydrogen) atoms. The van der Waals surface area contributed by atoms with Gasteiger partial charge in [0.1, 0.15) is 0 Å². The third-order valence-corrected chi connectivity index (χ3v) is 7.45. The second kappa shape index (κ2) is 11.4. The molecule has 0 spiro atoms. The van der Waals surface area contributed by atoms with Gasteiger partial charge in [0.05, 0.1) is 12.5 Å². The van der Waals surface area contributed by atoms with Gasteiger partial charge in [-0.2, -0.15) is 4.98 Å². The molecule has 1 N–H and O–H groups in total. The molecule has 3 heterocycles. The highest BCUT2D eigenvalue weighted by molar-refractivity contribution is 6.30. The molecule has 2 fully saturated rings. The zero-order valence-electron chi connectivity index (χ0n) is 20.8. The zero-order valence-corrected chi connectivity index (χ0v) is 21.6. The van der Waals surface area contributed by atoms with E-state index in [9.17, 15) is 4.79 Å². The molecule has 190 valence electrons. The minimum atomic E-state index is -0.0387. The molecule has 5 rings (SSSR count). The van der Waals surface area contributed by atoms with Crippen LogP contribution < -0.4 is 10.2 Å². The normalized spacial score (nSPS) is 20.9. The number of nitrogens with one attached hydrogen (secondary N) is 1. The summed E-state index contributed by atoms with van der Waals surface area (Å²) in [6, 6.07) is 16.0. The molecular weight excluding hydrogens is 474 g/mol. The standard InChI is InChI=1S/C28H34ClN5O2/c1-20-5-3-14-34(17-20)25-11-9-21(10-12-25)16-30-28(35)23-7-4-13-33(18-23)19-26-31-27(32-36-26)22-6-2-8-24(29)15-22/h2,6,8-12,15,20,23H,3-5,7,13-14,16-19H2,1H3,(H,30,35). The van der Waals surface area contributed by atoms with Gasteiger partial charge in [-0.15, -0.1) is 0 Å². The number of carbonyl (C=O) groups is 1. The summed E-state index contributed by atoms with van der Waals surface area (Å²) in [6.45, 7) is 7.27. The van der Waals surface area contributed by atoms with E-state index < -0.39 is 0 Å². The number of aromatic nitrogens is 2. The Kier molecular flexibility index (Phi) is 7.87. The summed E-state index contributed by atoms with van der Waals surface area (Å²) in [5.41, 5.74) is 3.23. The van der Waals surface area contributed by atoms with E-state index in [0.29, 0.717) is 36.4 Å². The minimum Gasteiger partial charge on any atom is -0.371 e. The molecular formula is C28H34ClN5O2. The second-order valence-electron chi connectivity index (χ2n) is 10.2. The Balaban J connectivity index is 1.11. The molecule has 0 aliphatic carbocycles. The fourth-order valence-corrected chi connectivity index (χ4v) is 5.44. The van der Waals surface area contributed by atoms with E-state index in [-0.39, 0.29) is 11.8 Å². The summed E-state index contributed by atoms with van der Waals surface area (Å²) in [6.07, 6.45) is 4.44. The number of hydrogen-bond donors (Lipinski definition) is 1. The first-order valence-electron chi connectivity index (χ1n) is 13.0. The Hall–Kier alpha value is -2.90. The van der Waals surface area contributed by atoms with Gasteiger partial charge in [-0.1, -0.05) is 47.9 Å². The molecule has 0 bridgehead atoms. The van der Waals surface area contributed by atoms with Crippen molar-refractivity contribution in [3.63, 3.8) is 0 Å². The Labute approximate surface area is 217 Å². The van der Waals surface area contributed by atoms with Gasteiger partial charge in [0.2, 0.25) is 17.6 Å². The lowest BCUT2D eigenvalue weighted by molar-refractivity contribution is -0.127. The van der Waals surface area contributed by atoms with Gasteiger partial charge < -0.3 is 14.7 Å². The average Bonchev–Trinajstić information content (AvgIpc) is 3.36. The molecule has 8 heteroatoms. The number of nitrogens with zero attached hydrogens (tertiary/aromatic N) is 4. The summed E-state index contributed by atoms with van der Waals surface area (Å²) >= 11 is 6.08. The third kappa shape index (κ3) is 6.26. The number of benzene rings is 2. The Morgan fingerprint density at radius 2 is 1.94 bits per heavy atom. The fraction of sp³-hybridized carbons (Fsp3) is 0.464. The Morgan fingerprint density at radius 1 is 1.11 bits per heavy atom. The van der Waals surface area contributed by atoms with Crippen LogP contribution in [0.1, 0.15) is 44.1 Å². The van der Waals surface area contributed by atoms with Crippen molar-refractivity contribution in [2.75, 3.05) is 31.1 Å². The van der Waals surface area contributed by atoms with Crippen molar-refractivity contribution in [1.82, 2.24) is 20.4 Å². The molecule has 0 saturated carbocycles. The molecule has 2 aliphatic rings. The van der Waals surface area contributed by atoms with Crippen molar-refractivity contribution in [3.8, 4) is 11.4 Å². The number of carbonyl (C=O) groups excluding carboxylic acids is 1. The maximum Gasteiger partial charge on any atom is 0.241 e. The van der Waals surface area contributed by atoms with Crippen molar-refractivity contribution >= 4 is 23.2 Å². The number of amides is 1. The first-order chi connectivity index (χ1) is 17.5. The van der Waals surface area contributed by atoms with Crippen molar-refractivity contribution in [2.24, 2.45) is 11.8 Å². The van der Waals surface area contributed by atoms with Crippen molar-refractivity contribution in [2.45, 2.75) is 45.7 Å². The molecule has 2 aliphatic heterocycles. The first kappa shape index (κ1) is 24.8. The predicted molar refractivity (Wildman–Crippen MR) is 142 cm³/mol. The van der Waals surface area contributed by atoms with Crippen LogP contribution in [-0.2, 0) is 17.9 Å². The van der Waals surface area contributed by atoms with E-state index >= 15 is 0 Å². The van der Waals surface area contributed by atoms with Crippen LogP contribution in [0, 0.1) is 11.8 Å². The van der Waals surface area contributed by atoms with Gasteiger partial charge in [0.25, 0.3) is 0 Å². The smallest absolute Gasteiger partial charge is 0.241 e. The molecule has 1 aromatic heterocycles. The highest BCUT2D eigenvalue weighted by Gasteiger charge is 2.27. The summed E-state index contributed by atoms with van der Waals surface area (Å²) in [4.78, 5) is 22.1. The van der Waals surface area contributed by atoms with Crippen molar-refractivity contribution < 1.29 is 9.32 Å². The van der Waals surface area contributed by atoms with Crippen LogP contribution in [0.5, 0.6) is 0 Å². The van der Waals surface area contributed by atoms with Crippen LogP contribution in [0.25, 0.3) is 11.4 Å². The van der Waals surface area contributed by atoms with E-state index in [2.05, 4.69) is 56.4 Å². The summed E-state index contributed by atoms with van der Waals surface area (Å²) in [5, 5.41) is 7.88. The fourth-order valence-electron chi connectivity index (χ4n) is 5.25. The topological polar surface area (TPSA) is 74.5 Å². The number of halogens is 1. The van der Waals surface area contributed by atoms with E-state index in [1.165, 1.54) is 18.5 Å². The molecule has 7 nitrogen and oxygen atoms in total. The lowest BCUT2D eigenvalue weighted by atomic mass is 9.97. The van der Waals surface area contributed by atoms with Crippen LogP contribution in [0.2, 0.25) is 5.02 Å². The van der Waals surface area contributed by atoms with Gasteiger partial charge in [0, 0.05) is 42.5 Å². The van der Waals surface area contributed by atoms with Crippen LogP contribution in [0.3, 0.4) is 0 Å². The largest absolute Gasteiger partial charge is 0.371 e. The lowest BCUT2D eigenvalue weighted by Crippen LogP contribution is -2.42. The third-order valence-electron chi connectivity index (χ3n) is 7.21. The maximum atomic E-state index is 12.9. The highest BCUT2D eigenvalue weighted by atomic mass is 35.5. The van der Waals surface area contributed by atoms with E-state index in [1.807, 2.05) is 24.3 Å². The molecule has 2 saturated heterocycles. The molecule has 2 aromatic carbocycles. The van der Waals surface area contributed by atoms with Crippen molar-refractivity contribution in [3.05, 3.63) is 65.0 Å². The SMILES string of the molecule is CC1CCCN(c2ccc(CNC(=O)C3CCCN(Cc4nc(-c5cccc(Cl)c5)no4)C3)cc2)C1. The number of anilines is 1. The van der Waals surface area contributed by atoms with Gasteiger partial charge >= 0.3 is 0 Å². The quantitative estimate of drug-likeness (QED) is 0.476. The van der Waals surface area contributed by atoms with E-state index in [4.69, 9.17) is 16.1 Å². The molecule has 0 radical (unpaired) electrons. The monoisotopic (exact) mass is 507 g/mol. The second-order valence-corrected chi connectivity index (χ2v) is 10.6. The van der Waals surface area contributed by atoms with E-state index in [1.54, 1.807) is 0 Å². The average molecular weight is 508 g/mol. The Bertz CT molecular complexity index is 1160. The van der Waals surface area contributed by atoms with Gasteiger partial charge in [-0.05, 0) is 68.0 Å². The van der Waals surface area contributed by atoms with Crippen LogP contribution in [-0.4, -0.2) is 47.1 Å². The number of piperidine rings is 2. The first-order valence-corrected chi connectivity index (χ1v) is 13.3. The van der Waals surface area contributed by atoms with Crippen LogP contribution in [0.4, 0.5) is 5.69 Å². The maximum absolute atomic E-state index is 12.9. The molecule has 2 atom stereocenters. The number of likely N-dealkylation sites (tertiary alicyclic amines) is 1. The summed E-state index contributed by atoms with van der Waals surface area (Å²) in [7, 11) is 0. The summed E-state index contributed by atoms with van der Waals surface area (Å²) < 4.78 is 5.47. The highest BCUT2D eigenvalue weighted by Crippen LogP contribution is 2.24. The van der Waals surface area contributed by atoms with E-state index in [0.717, 1.165) is 49.5 Å². The number of rotatable bonds is 7. The van der Waals surface area contributed by atoms with Gasteiger partial charge in [-0.3, -0.25) is 9.69 Å². The van der Waals surface area contributed by atoms with Gasteiger partial charge in [0.15, 0.2) is 0 Å². The van der Waals surface area contributed by atoms with Crippen LogP contribution >= 0.6 is 11.6 Å². The zero-order chi connectivity index (χ0) is 24.9. The minimum absolute atomic E-state index is 0.0387. The lowest BCUT2D eigenvalue weighted by Gasteiger charge is -2.33.